The molecule has 0 fully saturated rings. The summed E-state index contributed by atoms with van der Waals surface area (Å²) in [6.45, 7) is 1.31. The summed E-state index contributed by atoms with van der Waals surface area (Å²) in [7, 11) is 4.03. The van der Waals surface area contributed by atoms with Gasteiger partial charge in [-0.2, -0.15) is 0 Å². The van der Waals surface area contributed by atoms with E-state index in [-0.39, 0.29) is 6.42 Å². The second kappa shape index (κ2) is 8.53. The van der Waals surface area contributed by atoms with Gasteiger partial charge in [-0.1, -0.05) is 18.6 Å². The van der Waals surface area contributed by atoms with Crippen LogP contribution in [0.2, 0.25) is 0 Å². The number of ether oxygens (including phenoxy) is 1. The molecule has 1 aromatic rings. The Kier molecular flexibility index (Phi) is 6.97. The zero-order valence-corrected chi connectivity index (χ0v) is 11.8. The Labute approximate surface area is 115 Å². The van der Waals surface area contributed by atoms with E-state index in [4.69, 9.17) is 9.84 Å². The number of carboxylic acids is 1. The van der Waals surface area contributed by atoms with Gasteiger partial charge in [0.1, 0.15) is 0 Å². The molecule has 0 atom stereocenters. The summed E-state index contributed by atoms with van der Waals surface area (Å²) in [4.78, 5) is 12.4. The van der Waals surface area contributed by atoms with E-state index in [1.165, 1.54) is 5.69 Å². The molecule has 0 saturated carbocycles. The third kappa shape index (κ3) is 6.82. The van der Waals surface area contributed by atoms with Gasteiger partial charge in [-0.15, -0.1) is 0 Å². The average molecular weight is 265 g/mol. The van der Waals surface area contributed by atoms with E-state index in [0.29, 0.717) is 13.2 Å². The number of carbonyl (C=O) groups is 1. The first kappa shape index (κ1) is 15.5. The highest BCUT2D eigenvalue weighted by atomic mass is 16.5. The number of anilines is 1. The molecule has 106 valence electrons. The van der Waals surface area contributed by atoms with E-state index in [1.54, 1.807) is 0 Å². The number of nitrogens with zero attached hydrogens (tertiary/aromatic N) is 1. The maximum Gasteiger partial charge on any atom is 0.303 e. The molecular weight excluding hydrogens is 242 g/mol. The molecule has 4 nitrogen and oxygen atoms in total. The predicted molar refractivity (Wildman–Crippen MR) is 76.5 cm³/mol. The Morgan fingerprint density at radius 3 is 2.42 bits per heavy atom. The van der Waals surface area contributed by atoms with E-state index in [9.17, 15) is 4.79 Å². The van der Waals surface area contributed by atoms with Gasteiger partial charge in [0.15, 0.2) is 0 Å². The Hall–Kier alpha value is -1.55. The first-order chi connectivity index (χ1) is 9.09. The van der Waals surface area contributed by atoms with Crippen molar-refractivity contribution in [1.82, 2.24) is 0 Å². The summed E-state index contributed by atoms with van der Waals surface area (Å²) in [5.41, 5.74) is 2.34. The minimum atomic E-state index is -0.720. The van der Waals surface area contributed by atoms with Crippen molar-refractivity contribution in [3.05, 3.63) is 29.8 Å². The lowest BCUT2D eigenvalue weighted by Crippen LogP contribution is -2.08. The minimum absolute atomic E-state index is 0.256. The number of carboxylic acid groups (broad SMARTS) is 1. The second-order valence-corrected chi connectivity index (χ2v) is 4.82. The minimum Gasteiger partial charge on any atom is -0.481 e. The summed E-state index contributed by atoms with van der Waals surface area (Å²) in [6.07, 6.45) is 2.82. The van der Waals surface area contributed by atoms with Crippen LogP contribution in [0.25, 0.3) is 0 Å². The summed E-state index contributed by atoms with van der Waals surface area (Å²) in [5.74, 6) is -0.720. The lowest BCUT2D eigenvalue weighted by atomic mass is 10.2. The van der Waals surface area contributed by atoms with Crippen molar-refractivity contribution in [3.8, 4) is 0 Å². The van der Waals surface area contributed by atoms with E-state index in [0.717, 1.165) is 24.8 Å². The number of hydrogen-bond donors (Lipinski definition) is 1. The number of hydrogen-bond acceptors (Lipinski definition) is 3. The van der Waals surface area contributed by atoms with Gasteiger partial charge in [0, 0.05) is 32.8 Å². The van der Waals surface area contributed by atoms with Crippen molar-refractivity contribution in [1.29, 1.82) is 0 Å². The van der Waals surface area contributed by atoms with Crippen LogP contribution in [0, 0.1) is 0 Å². The largest absolute Gasteiger partial charge is 0.481 e. The fraction of sp³-hybridized carbons (Fsp3) is 0.533. The maximum absolute atomic E-state index is 10.3. The fourth-order valence-electron chi connectivity index (χ4n) is 1.74. The monoisotopic (exact) mass is 265 g/mol. The van der Waals surface area contributed by atoms with Gasteiger partial charge < -0.3 is 14.7 Å². The molecule has 0 heterocycles. The summed E-state index contributed by atoms with van der Waals surface area (Å²) >= 11 is 0. The summed E-state index contributed by atoms with van der Waals surface area (Å²) < 4.78 is 5.57. The molecule has 0 aliphatic heterocycles. The van der Waals surface area contributed by atoms with Crippen molar-refractivity contribution in [3.63, 3.8) is 0 Å². The van der Waals surface area contributed by atoms with Crippen molar-refractivity contribution in [2.75, 3.05) is 25.6 Å². The quantitative estimate of drug-likeness (QED) is 0.697. The molecule has 19 heavy (non-hydrogen) atoms. The molecule has 0 amide bonds. The van der Waals surface area contributed by atoms with Crippen LogP contribution in [-0.2, 0) is 16.1 Å². The Morgan fingerprint density at radius 2 is 1.84 bits per heavy atom. The molecule has 0 bridgehead atoms. The van der Waals surface area contributed by atoms with E-state index < -0.39 is 5.97 Å². The van der Waals surface area contributed by atoms with Crippen LogP contribution >= 0.6 is 0 Å². The molecule has 0 spiro atoms. The topological polar surface area (TPSA) is 49.8 Å². The van der Waals surface area contributed by atoms with Crippen LogP contribution in [-0.4, -0.2) is 31.8 Å². The molecule has 0 radical (unpaired) electrons. The lowest BCUT2D eigenvalue weighted by molar-refractivity contribution is -0.137. The molecular formula is C15H23NO3. The summed E-state index contributed by atoms with van der Waals surface area (Å²) in [6, 6.07) is 8.29. The molecule has 0 unspecified atom stereocenters. The SMILES string of the molecule is CN(C)c1ccc(COCCCCCC(=O)O)cc1. The van der Waals surface area contributed by atoms with Gasteiger partial charge in [-0.3, -0.25) is 4.79 Å². The fourth-order valence-corrected chi connectivity index (χ4v) is 1.74. The number of unbranched alkanes of at least 4 members (excludes halogenated alkanes) is 2. The summed E-state index contributed by atoms with van der Waals surface area (Å²) in [5, 5.41) is 8.49. The van der Waals surface area contributed by atoms with Crippen molar-refractivity contribution >= 4 is 11.7 Å². The number of rotatable bonds is 9. The molecule has 0 aromatic heterocycles. The van der Waals surface area contributed by atoms with Gasteiger partial charge in [0.25, 0.3) is 0 Å². The van der Waals surface area contributed by atoms with Crippen molar-refractivity contribution in [2.45, 2.75) is 32.3 Å². The predicted octanol–water partition coefficient (Wildman–Crippen LogP) is 2.91. The Bertz CT molecular complexity index is 373. The number of aliphatic carboxylic acids is 1. The first-order valence-corrected chi connectivity index (χ1v) is 6.65. The number of benzene rings is 1. The van der Waals surface area contributed by atoms with E-state index in [1.807, 2.05) is 14.1 Å². The lowest BCUT2D eigenvalue weighted by Gasteiger charge is -2.12. The Morgan fingerprint density at radius 1 is 1.16 bits per heavy atom. The standard InChI is InChI=1S/C15H23NO3/c1-16(2)14-9-7-13(8-10-14)12-19-11-5-3-4-6-15(17)18/h7-10H,3-6,11-12H2,1-2H3,(H,17,18). The molecule has 0 saturated heterocycles. The third-order valence-corrected chi connectivity index (χ3v) is 2.90. The van der Waals surface area contributed by atoms with Crippen molar-refractivity contribution in [2.24, 2.45) is 0 Å². The third-order valence-electron chi connectivity index (χ3n) is 2.90. The zero-order chi connectivity index (χ0) is 14.1. The highest BCUT2D eigenvalue weighted by molar-refractivity contribution is 5.66. The first-order valence-electron chi connectivity index (χ1n) is 6.65. The second-order valence-electron chi connectivity index (χ2n) is 4.82. The van der Waals surface area contributed by atoms with Gasteiger partial charge in [0.2, 0.25) is 0 Å². The van der Waals surface area contributed by atoms with E-state index in [2.05, 4.69) is 29.2 Å². The highest BCUT2D eigenvalue weighted by Crippen LogP contribution is 2.13. The Balaban J connectivity index is 2.10. The van der Waals surface area contributed by atoms with Gasteiger partial charge in [0.05, 0.1) is 6.61 Å². The molecule has 1 N–H and O–H groups in total. The molecule has 4 heteroatoms. The maximum atomic E-state index is 10.3. The van der Waals surface area contributed by atoms with Crippen LogP contribution in [0.1, 0.15) is 31.2 Å². The molecule has 0 aliphatic rings. The van der Waals surface area contributed by atoms with Crippen molar-refractivity contribution < 1.29 is 14.6 Å². The van der Waals surface area contributed by atoms with Crippen LogP contribution in [0.5, 0.6) is 0 Å². The van der Waals surface area contributed by atoms with Gasteiger partial charge in [-0.25, -0.2) is 0 Å². The van der Waals surface area contributed by atoms with E-state index >= 15 is 0 Å². The average Bonchev–Trinajstić information content (AvgIpc) is 2.38. The smallest absolute Gasteiger partial charge is 0.303 e. The highest BCUT2D eigenvalue weighted by Gasteiger charge is 1.98. The molecule has 1 aromatic carbocycles. The van der Waals surface area contributed by atoms with Crippen LogP contribution < -0.4 is 4.90 Å². The van der Waals surface area contributed by atoms with Crippen LogP contribution in [0.15, 0.2) is 24.3 Å². The zero-order valence-electron chi connectivity index (χ0n) is 11.8. The van der Waals surface area contributed by atoms with Gasteiger partial charge >= 0.3 is 5.97 Å². The normalized spacial score (nSPS) is 10.4. The van der Waals surface area contributed by atoms with Crippen LogP contribution in [0.3, 0.4) is 0 Å². The molecule has 0 aliphatic carbocycles. The van der Waals surface area contributed by atoms with Gasteiger partial charge in [-0.05, 0) is 30.5 Å². The molecule has 1 rings (SSSR count). The van der Waals surface area contributed by atoms with Crippen LogP contribution in [0.4, 0.5) is 5.69 Å².